The molecule has 0 fully saturated rings. The van der Waals surface area contributed by atoms with Gasteiger partial charge in [-0.15, -0.1) is 0 Å². The van der Waals surface area contributed by atoms with Gasteiger partial charge in [0.1, 0.15) is 5.94 Å². The first-order valence-electron chi connectivity index (χ1n) is 5.41. The van der Waals surface area contributed by atoms with Crippen molar-refractivity contribution in [3.05, 3.63) is 41.0 Å². The summed E-state index contributed by atoms with van der Waals surface area (Å²) in [4.78, 5) is 21.5. The molecule has 0 aromatic heterocycles. The fraction of sp³-hybridized carbons (Fsp3) is 0.357. The summed E-state index contributed by atoms with van der Waals surface area (Å²) in [5.74, 6) is 0.996. The zero-order valence-corrected chi connectivity index (χ0v) is 10.3. The lowest BCUT2D eigenvalue weighted by molar-refractivity contribution is -0.142. The Hall–Kier alpha value is -1.86. The average Bonchev–Trinajstić information content (AvgIpc) is 2.29. The van der Waals surface area contributed by atoms with Crippen LogP contribution in [0.1, 0.15) is 31.9 Å². The summed E-state index contributed by atoms with van der Waals surface area (Å²) in [5, 5.41) is 9.09. The van der Waals surface area contributed by atoms with Crippen LogP contribution in [0.15, 0.2) is 29.8 Å². The van der Waals surface area contributed by atoms with E-state index in [-0.39, 0.29) is 0 Å². The number of benzene rings is 1. The third-order valence-corrected chi connectivity index (χ3v) is 2.85. The van der Waals surface area contributed by atoms with Crippen LogP contribution < -0.4 is 0 Å². The molecule has 1 N–H and O–H groups in total. The first kappa shape index (κ1) is 13.2. The molecule has 1 aromatic carbocycles. The lowest BCUT2D eigenvalue weighted by atomic mass is 9.84. The zero-order valence-electron chi connectivity index (χ0n) is 10.3. The second kappa shape index (κ2) is 4.98. The first-order valence-corrected chi connectivity index (χ1v) is 5.41. The number of hydrogen-bond donors (Lipinski definition) is 1. The van der Waals surface area contributed by atoms with Gasteiger partial charge in [-0.1, -0.05) is 24.3 Å². The maximum atomic E-state index is 11.1. The Labute approximate surface area is 101 Å². The maximum absolute atomic E-state index is 11.1. The number of carboxylic acid groups (broad SMARTS) is 1. The SMILES string of the molecule is CC(=C=O)Cc1ccc(C(C)(C)C(=O)O)cc1. The highest BCUT2D eigenvalue weighted by Gasteiger charge is 2.28. The molecule has 3 nitrogen and oxygen atoms in total. The Balaban J connectivity index is 2.96. The van der Waals surface area contributed by atoms with E-state index in [0.717, 1.165) is 11.1 Å². The van der Waals surface area contributed by atoms with Crippen molar-refractivity contribution in [3.63, 3.8) is 0 Å². The Morgan fingerprint density at radius 3 is 2.24 bits per heavy atom. The van der Waals surface area contributed by atoms with Gasteiger partial charge in [0.05, 0.1) is 5.41 Å². The molecule has 0 aliphatic heterocycles. The number of rotatable bonds is 4. The van der Waals surface area contributed by atoms with Gasteiger partial charge in [0.2, 0.25) is 0 Å². The molecule has 3 heteroatoms. The number of aliphatic carboxylic acids is 1. The minimum Gasteiger partial charge on any atom is -0.481 e. The molecule has 0 heterocycles. The van der Waals surface area contributed by atoms with Gasteiger partial charge in [0.15, 0.2) is 0 Å². The molecule has 0 saturated heterocycles. The molecule has 0 bridgehead atoms. The zero-order chi connectivity index (χ0) is 13.1. The van der Waals surface area contributed by atoms with Crippen molar-refractivity contribution in [2.45, 2.75) is 32.6 Å². The van der Waals surface area contributed by atoms with Gasteiger partial charge >= 0.3 is 5.97 Å². The molecule has 1 aromatic rings. The predicted molar refractivity (Wildman–Crippen MR) is 65.7 cm³/mol. The van der Waals surface area contributed by atoms with Crippen molar-refractivity contribution >= 4 is 11.9 Å². The molecule has 90 valence electrons. The fourth-order valence-electron chi connectivity index (χ4n) is 1.51. The topological polar surface area (TPSA) is 54.4 Å². The monoisotopic (exact) mass is 232 g/mol. The number of carboxylic acids is 1. The molecule has 0 amide bonds. The van der Waals surface area contributed by atoms with Crippen LogP contribution in [0.5, 0.6) is 0 Å². The lowest BCUT2D eigenvalue weighted by Crippen LogP contribution is -2.28. The van der Waals surface area contributed by atoms with Crippen LogP contribution in [0.2, 0.25) is 0 Å². The lowest BCUT2D eigenvalue weighted by Gasteiger charge is -2.19. The summed E-state index contributed by atoms with van der Waals surface area (Å²) in [7, 11) is 0. The Morgan fingerprint density at radius 1 is 1.29 bits per heavy atom. The molecule has 0 aliphatic rings. The highest BCUT2D eigenvalue weighted by molar-refractivity contribution is 5.80. The van der Waals surface area contributed by atoms with Gasteiger partial charge in [-0.2, -0.15) is 0 Å². The number of carbonyl (C=O) groups is 1. The van der Waals surface area contributed by atoms with E-state index in [4.69, 9.17) is 5.11 Å². The normalized spacial score (nSPS) is 10.8. The third-order valence-electron chi connectivity index (χ3n) is 2.85. The third kappa shape index (κ3) is 3.05. The van der Waals surface area contributed by atoms with E-state index in [1.54, 1.807) is 32.9 Å². The van der Waals surface area contributed by atoms with Gasteiger partial charge < -0.3 is 5.11 Å². The molecule has 0 radical (unpaired) electrons. The van der Waals surface area contributed by atoms with Crippen LogP contribution in [-0.4, -0.2) is 17.0 Å². The molecular weight excluding hydrogens is 216 g/mol. The van der Waals surface area contributed by atoms with Crippen LogP contribution in [0, 0.1) is 0 Å². The smallest absolute Gasteiger partial charge is 0.313 e. The second-order valence-corrected chi connectivity index (χ2v) is 4.69. The van der Waals surface area contributed by atoms with Gasteiger partial charge in [0.25, 0.3) is 0 Å². The van der Waals surface area contributed by atoms with Crippen molar-refractivity contribution in [1.29, 1.82) is 0 Å². The summed E-state index contributed by atoms with van der Waals surface area (Å²) in [6.45, 7) is 5.06. The van der Waals surface area contributed by atoms with Crippen LogP contribution in [0.25, 0.3) is 0 Å². The van der Waals surface area contributed by atoms with E-state index >= 15 is 0 Å². The molecule has 1 rings (SSSR count). The minimum absolute atomic E-state index is 0.553. The summed E-state index contributed by atoms with van der Waals surface area (Å²) < 4.78 is 0. The number of allylic oxidation sites excluding steroid dienone is 1. The van der Waals surface area contributed by atoms with Crippen LogP contribution in [0.4, 0.5) is 0 Å². The van der Waals surface area contributed by atoms with E-state index < -0.39 is 11.4 Å². The second-order valence-electron chi connectivity index (χ2n) is 4.69. The molecule has 0 saturated carbocycles. The molecule has 0 atom stereocenters. The minimum atomic E-state index is -0.895. The fourth-order valence-corrected chi connectivity index (χ4v) is 1.51. The van der Waals surface area contributed by atoms with Crippen molar-refractivity contribution < 1.29 is 14.7 Å². The molecular formula is C14H16O3. The molecule has 0 unspecified atom stereocenters. The maximum Gasteiger partial charge on any atom is 0.313 e. The number of hydrogen-bond acceptors (Lipinski definition) is 2. The number of carbonyl (C=O) groups excluding carboxylic acids is 1. The van der Waals surface area contributed by atoms with Crippen molar-refractivity contribution in [2.75, 3.05) is 0 Å². The van der Waals surface area contributed by atoms with Gasteiger partial charge in [-0.3, -0.25) is 4.79 Å². The average molecular weight is 232 g/mol. The Kier molecular flexibility index (Phi) is 3.87. The molecule has 17 heavy (non-hydrogen) atoms. The van der Waals surface area contributed by atoms with Crippen LogP contribution in [0.3, 0.4) is 0 Å². The predicted octanol–water partition coefficient (Wildman–Crippen LogP) is 2.37. The summed E-state index contributed by atoms with van der Waals surface area (Å²) in [6.07, 6.45) is 0.553. The summed E-state index contributed by atoms with van der Waals surface area (Å²) in [6, 6.07) is 7.28. The van der Waals surface area contributed by atoms with Crippen LogP contribution >= 0.6 is 0 Å². The highest BCUT2D eigenvalue weighted by Crippen LogP contribution is 2.24. The van der Waals surface area contributed by atoms with E-state index in [1.807, 2.05) is 18.1 Å². The van der Waals surface area contributed by atoms with Crippen molar-refractivity contribution in [1.82, 2.24) is 0 Å². The van der Waals surface area contributed by atoms with Gasteiger partial charge in [-0.05, 0) is 31.9 Å². The van der Waals surface area contributed by atoms with Gasteiger partial charge in [-0.25, -0.2) is 4.79 Å². The van der Waals surface area contributed by atoms with E-state index in [1.165, 1.54) is 0 Å². The van der Waals surface area contributed by atoms with Crippen molar-refractivity contribution in [3.8, 4) is 0 Å². The highest BCUT2D eigenvalue weighted by atomic mass is 16.4. The van der Waals surface area contributed by atoms with Crippen LogP contribution in [-0.2, 0) is 21.4 Å². The van der Waals surface area contributed by atoms with Gasteiger partial charge in [0, 0.05) is 12.0 Å². The largest absolute Gasteiger partial charge is 0.481 e. The van der Waals surface area contributed by atoms with E-state index in [9.17, 15) is 9.59 Å². The summed E-state index contributed by atoms with van der Waals surface area (Å²) >= 11 is 0. The first-order chi connectivity index (χ1) is 7.87. The molecule has 0 spiro atoms. The van der Waals surface area contributed by atoms with Crippen molar-refractivity contribution in [2.24, 2.45) is 0 Å². The summed E-state index contributed by atoms with van der Waals surface area (Å²) in [5.41, 5.74) is 1.47. The standard InChI is InChI=1S/C14H16O3/c1-10(9-15)8-11-4-6-12(7-5-11)14(2,3)13(16)17/h4-7H,8H2,1-3H3,(H,16,17). The molecule has 0 aliphatic carbocycles. The van der Waals surface area contributed by atoms with E-state index in [0.29, 0.717) is 12.0 Å². The Bertz CT molecular complexity index is 463. The Morgan fingerprint density at radius 2 is 1.82 bits per heavy atom. The van der Waals surface area contributed by atoms with E-state index in [2.05, 4.69) is 0 Å². The quantitative estimate of drug-likeness (QED) is 0.811.